The van der Waals surface area contributed by atoms with Gasteiger partial charge in [0, 0.05) is 0 Å². The van der Waals surface area contributed by atoms with Gasteiger partial charge in [0.1, 0.15) is 36.6 Å². The minimum atomic E-state index is -4.32. The van der Waals surface area contributed by atoms with Gasteiger partial charge in [-0.3, -0.25) is 9.05 Å². The molecule has 8 nitrogen and oxygen atoms in total. The Hall–Kier alpha value is -0.0500. The number of hydrogen-bond donors (Lipinski definition) is 5. The summed E-state index contributed by atoms with van der Waals surface area (Å²) in [6.07, 6.45) is -9.12. The highest BCUT2D eigenvalue weighted by atomic mass is 31.2. The largest absolute Gasteiger partial charge is 0.473 e. The molecule has 7 atom stereocenters. The maximum absolute atomic E-state index is 11.0. The van der Waals surface area contributed by atoms with Crippen LogP contribution in [0.2, 0.25) is 0 Å². The van der Waals surface area contributed by atoms with Crippen LogP contribution in [0.3, 0.4) is 0 Å². The maximum atomic E-state index is 11.0. The number of phosphoric ester groups is 1. The van der Waals surface area contributed by atoms with E-state index in [-0.39, 0.29) is 0 Å². The van der Waals surface area contributed by atoms with Gasteiger partial charge in [0.25, 0.3) is 0 Å². The second kappa shape index (κ2) is 3.47. The first-order valence-corrected chi connectivity index (χ1v) is 5.75. The monoisotopic (exact) mass is 242 g/mol. The molecule has 1 unspecified atom stereocenters. The van der Waals surface area contributed by atoms with Gasteiger partial charge in [0.2, 0.25) is 0 Å². The van der Waals surface area contributed by atoms with Crippen LogP contribution in [0.15, 0.2) is 0 Å². The van der Waals surface area contributed by atoms with Gasteiger partial charge in [-0.05, 0) is 0 Å². The van der Waals surface area contributed by atoms with Gasteiger partial charge in [-0.2, -0.15) is 0 Å². The van der Waals surface area contributed by atoms with Gasteiger partial charge >= 0.3 is 7.82 Å². The van der Waals surface area contributed by atoms with Crippen molar-refractivity contribution in [2.24, 2.45) is 0 Å². The zero-order valence-electron chi connectivity index (χ0n) is 7.37. The average molecular weight is 242 g/mol. The van der Waals surface area contributed by atoms with Crippen LogP contribution >= 0.6 is 7.82 Å². The predicted octanol–water partition coefficient (Wildman–Crippen LogP) is -2.67. The highest BCUT2D eigenvalue weighted by Gasteiger charge is 2.58. The standard InChI is InChI=1S/C6H11O8P/c7-1-2(8)4(10)6-5(3(1)9)13-15(11,12)14-6/h1-10H,(H,11,12)/t1-,2+,3-,4-,5+,6+/m1/s1. The predicted molar refractivity (Wildman–Crippen MR) is 43.6 cm³/mol. The second-order valence-corrected chi connectivity index (χ2v) is 4.93. The van der Waals surface area contributed by atoms with Gasteiger partial charge in [-0.25, -0.2) is 4.57 Å². The molecule has 1 saturated carbocycles. The molecule has 1 saturated heterocycles. The van der Waals surface area contributed by atoms with Crippen molar-refractivity contribution in [2.45, 2.75) is 36.6 Å². The topological polar surface area (TPSA) is 137 Å². The Balaban J connectivity index is 2.27. The van der Waals surface area contributed by atoms with Gasteiger partial charge in [-0.15, -0.1) is 0 Å². The quantitative estimate of drug-likeness (QED) is 0.290. The van der Waals surface area contributed by atoms with Crippen molar-refractivity contribution in [3.63, 3.8) is 0 Å². The Kier molecular flexibility index (Phi) is 2.65. The third kappa shape index (κ3) is 1.73. The van der Waals surface area contributed by atoms with E-state index in [4.69, 9.17) is 4.89 Å². The minimum Gasteiger partial charge on any atom is -0.387 e. The Morgan fingerprint density at radius 1 is 0.800 bits per heavy atom. The summed E-state index contributed by atoms with van der Waals surface area (Å²) in [5.74, 6) is 0. The SMILES string of the molecule is O=P1(O)O[C@H]2[C@H](O)[C@H](O)[C@H](O)[C@@H](O)[C@@H]2O1. The molecule has 0 aromatic rings. The van der Waals surface area contributed by atoms with E-state index in [1.165, 1.54) is 0 Å². The summed E-state index contributed by atoms with van der Waals surface area (Å²) in [5, 5.41) is 37.4. The van der Waals surface area contributed by atoms with Crippen LogP contribution in [-0.4, -0.2) is 61.9 Å². The van der Waals surface area contributed by atoms with E-state index in [0.717, 1.165) is 0 Å². The number of rotatable bonds is 0. The second-order valence-electron chi connectivity index (χ2n) is 3.57. The van der Waals surface area contributed by atoms with Crippen molar-refractivity contribution in [1.82, 2.24) is 0 Å². The Bertz CT molecular complexity index is 282. The molecule has 1 aliphatic carbocycles. The Morgan fingerprint density at radius 2 is 1.13 bits per heavy atom. The lowest BCUT2D eigenvalue weighted by molar-refractivity contribution is -0.192. The van der Waals surface area contributed by atoms with Crippen molar-refractivity contribution in [3.8, 4) is 0 Å². The number of fused-ring (bicyclic) bond motifs is 1. The van der Waals surface area contributed by atoms with Crippen molar-refractivity contribution in [3.05, 3.63) is 0 Å². The summed E-state index contributed by atoms with van der Waals surface area (Å²) in [6, 6.07) is 0. The summed E-state index contributed by atoms with van der Waals surface area (Å²) < 4.78 is 19.9. The van der Waals surface area contributed by atoms with Crippen molar-refractivity contribution in [1.29, 1.82) is 0 Å². The van der Waals surface area contributed by atoms with Crippen molar-refractivity contribution >= 4 is 7.82 Å². The molecule has 0 aromatic carbocycles. The molecule has 0 bridgehead atoms. The van der Waals surface area contributed by atoms with Gasteiger partial charge in [0.15, 0.2) is 0 Å². The summed E-state index contributed by atoms with van der Waals surface area (Å²) >= 11 is 0. The lowest BCUT2D eigenvalue weighted by Gasteiger charge is -2.38. The van der Waals surface area contributed by atoms with Crippen LogP contribution < -0.4 is 0 Å². The fourth-order valence-electron chi connectivity index (χ4n) is 1.76. The first-order chi connectivity index (χ1) is 6.83. The van der Waals surface area contributed by atoms with E-state index in [0.29, 0.717) is 0 Å². The third-order valence-electron chi connectivity index (χ3n) is 2.56. The van der Waals surface area contributed by atoms with Crippen molar-refractivity contribution < 1.29 is 38.9 Å². The van der Waals surface area contributed by atoms with Gasteiger partial charge in [-0.1, -0.05) is 0 Å². The molecule has 2 rings (SSSR count). The Labute approximate surface area is 84.3 Å². The highest BCUT2D eigenvalue weighted by Crippen LogP contribution is 2.55. The third-order valence-corrected chi connectivity index (χ3v) is 3.58. The van der Waals surface area contributed by atoms with Crippen LogP contribution in [-0.2, 0) is 13.6 Å². The number of aliphatic hydroxyl groups excluding tert-OH is 4. The molecule has 2 fully saturated rings. The van der Waals surface area contributed by atoms with Crippen LogP contribution in [0.1, 0.15) is 0 Å². The summed E-state index contributed by atoms with van der Waals surface area (Å²) in [6.45, 7) is 0. The molecule has 88 valence electrons. The van der Waals surface area contributed by atoms with Crippen LogP contribution in [0.5, 0.6) is 0 Å². The first kappa shape index (κ1) is 11.4. The fourth-order valence-corrected chi connectivity index (χ4v) is 2.91. The molecule has 1 heterocycles. The number of aliphatic hydroxyl groups is 4. The lowest BCUT2D eigenvalue weighted by Crippen LogP contribution is -2.62. The van der Waals surface area contributed by atoms with Crippen LogP contribution in [0.4, 0.5) is 0 Å². The molecule has 15 heavy (non-hydrogen) atoms. The normalized spacial score (nSPS) is 60.3. The van der Waals surface area contributed by atoms with Gasteiger partial charge in [0.05, 0.1) is 0 Å². The summed E-state index contributed by atoms with van der Waals surface area (Å²) in [7, 11) is -4.32. The molecular formula is C6H11O8P. The smallest absolute Gasteiger partial charge is 0.387 e. The summed E-state index contributed by atoms with van der Waals surface area (Å²) in [5.41, 5.74) is 0. The average Bonchev–Trinajstić information content (AvgIpc) is 2.48. The number of phosphoric acid groups is 1. The van der Waals surface area contributed by atoms with E-state index in [9.17, 15) is 25.0 Å². The van der Waals surface area contributed by atoms with Crippen molar-refractivity contribution in [2.75, 3.05) is 0 Å². The zero-order valence-corrected chi connectivity index (χ0v) is 8.27. The van der Waals surface area contributed by atoms with Crippen LogP contribution in [0.25, 0.3) is 0 Å². The molecule has 9 heteroatoms. The zero-order chi connectivity index (χ0) is 11.4. The highest BCUT2D eigenvalue weighted by molar-refractivity contribution is 7.47. The molecule has 0 aromatic heterocycles. The van der Waals surface area contributed by atoms with E-state index < -0.39 is 44.4 Å². The molecule has 5 N–H and O–H groups in total. The maximum Gasteiger partial charge on any atom is 0.473 e. The van der Waals surface area contributed by atoms with E-state index in [1.54, 1.807) is 0 Å². The lowest BCUT2D eigenvalue weighted by atomic mass is 9.85. The first-order valence-electron chi connectivity index (χ1n) is 4.25. The molecule has 0 amide bonds. The molecule has 0 spiro atoms. The number of hydrogen-bond acceptors (Lipinski definition) is 7. The van der Waals surface area contributed by atoms with E-state index in [1.807, 2.05) is 0 Å². The fraction of sp³-hybridized carbons (Fsp3) is 1.00. The van der Waals surface area contributed by atoms with Crippen LogP contribution in [0, 0.1) is 0 Å². The Morgan fingerprint density at radius 3 is 1.47 bits per heavy atom. The van der Waals surface area contributed by atoms with E-state index >= 15 is 0 Å². The molecule has 2 aliphatic rings. The van der Waals surface area contributed by atoms with E-state index in [2.05, 4.69) is 9.05 Å². The molecule has 0 radical (unpaired) electrons. The molecular weight excluding hydrogens is 231 g/mol. The molecule has 1 aliphatic heterocycles. The summed E-state index contributed by atoms with van der Waals surface area (Å²) in [4.78, 5) is 8.96. The minimum absolute atomic E-state index is 1.32. The van der Waals surface area contributed by atoms with Gasteiger partial charge < -0.3 is 25.3 Å².